The summed E-state index contributed by atoms with van der Waals surface area (Å²) in [4.78, 5) is 5.40. The van der Waals surface area contributed by atoms with Crippen molar-refractivity contribution in [3.8, 4) is 0 Å². The Hall–Kier alpha value is -0.0800. The van der Waals surface area contributed by atoms with Crippen molar-refractivity contribution in [1.29, 1.82) is 0 Å². The molecular formula is C13H26N2. The van der Waals surface area contributed by atoms with E-state index in [1.165, 1.54) is 51.9 Å². The van der Waals surface area contributed by atoms with E-state index in [1.54, 1.807) is 0 Å². The van der Waals surface area contributed by atoms with Crippen molar-refractivity contribution in [2.75, 3.05) is 26.2 Å². The first kappa shape index (κ1) is 11.4. The zero-order chi connectivity index (χ0) is 10.9. The van der Waals surface area contributed by atoms with E-state index in [4.69, 9.17) is 0 Å². The SMILES string of the molecule is CC(C)(C)N1CCN2CCCCCC2C1. The van der Waals surface area contributed by atoms with Crippen LogP contribution in [0.5, 0.6) is 0 Å². The van der Waals surface area contributed by atoms with Gasteiger partial charge in [-0.25, -0.2) is 0 Å². The van der Waals surface area contributed by atoms with Crippen LogP contribution in [0.2, 0.25) is 0 Å². The Bertz CT molecular complexity index is 207. The highest BCUT2D eigenvalue weighted by molar-refractivity contribution is 4.88. The van der Waals surface area contributed by atoms with E-state index in [0.29, 0.717) is 5.54 Å². The molecule has 2 heterocycles. The summed E-state index contributed by atoms with van der Waals surface area (Å²) in [6.45, 7) is 12.2. The lowest BCUT2D eigenvalue weighted by Gasteiger charge is -2.46. The lowest BCUT2D eigenvalue weighted by Crippen LogP contribution is -2.57. The molecule has 2 saturated heterocycles. The second kappa shape index (κ2) is 4.42. The van der Waals surface area contributed by atoms with Crippen molar-refractivity contribution in [3.63, 3.8) is 0 Å². The normalized spacial score (nSPS) is 31.0. The third-order valence-corrected chi connectivity index (χ3v) is 4.04. The number of piperazine rings is 1. The molecule has 0 bridgehead atoms. The minimum Gasteiger partial charge on any atom is -0.298 e. The smallest absolute Gasteiger partial charge is 0.0223 e. The van der Waals surface area contributed by atoms with Gasteiger partial charge in [0, 0.05) is 31.2 Å². The van der Waals surface area contributed by atoms with E-state index < -0.39 is 0 Å². The van der Waals surface area contributed by atoms with Crippen LogP contribution in [0.25, 0.3) is 0 Å². The number of hydrogen-bond acceptors (Lipinski definition) is 2. The summed E-state index contributed by atoms with van der Waals surface area (Å²) in [6, 6.07) is 0.848. The van der Waals surface area contributed by atoms with E-state index in [1.807, 2.05) is 0 Å². The minimum atomic E-state index is 0.360. The van der Waals surface area contributed by atoms with Gasteiger partial charge in [-0.15, -0.1) is 0 Å². The number of hydrogen-bond donors (Lipinski definition) is 0. The molecule has 0 aliphatic carbocycles. The zero-order valence-electron chi connectivity index (χ0n) is 10.6. The lowest BCUT2D eigenvalue weighted by molar-refractivity contribution is 0.0233. The van der Waals surface area contributed by atoms with Gasteiger partial charge < -0.3 is 0 Å². The molecule has 0 aromatic carbocycles. The summed E-state index contributed by atoms with van der Waals surface area (Å²) in [6.07, 6.45) is 5.74. The monoisotopic (exact) mass is 210 g/mol. The van der Waals surface area contributed by atoms with Crippen molar-refractivity contribution in [2.45, 2.75) is 58.0 Å². The maximum absolute atomic E-state index is 2.73. The highest BCUT2D eigenvalue weighted by atomic mass is 15.3. The summed E-state index contributed by atoms with van der Waals surface area (Å²) < 4.78 is 0. The Labute approximate surface area is 94.6 Å². The molecule has 0 radical (unpaired) electrons. The van der Waals surface area contributed by atoms with E-state index in [-0.39, 0.29) is 0 Å². The van der Waals surface area contributed by atoms with Crippen LogP contribution < -0.4 is 0 Å². The van der Waals surface area contributed by atoms with Gasteiger partial charge in [0.25, 0.3) is 0 Å². The van der Waals surface area contributed by atoms with Gasteiger partial charge in [-0.1, -0.05) is 12.8 Å². The van der Waals surface area contributed by atoms with E-state index in [0.717, 1.165) is 6.04 Å². The van der Waals surface area contributed by atoms with Crippen molar-refractivity contribution >= 4 is 0 Å². The molecule has 0 spiro atoms. The van der Waals surface area contributed by atoms with Crippen molar-refractivity contribution < 1.29 is 0 Å². The lowest BCUT2D eigenvalue weighted by atomic mass is 10.0. The zero-order valence-corrected chi connectivity index (χ0v) is 10.6. The summed E-state index contributed by atoms with van der Waals surface area (Å²) in [5.41, 5.74) is 0.360. The maximum atomic E-state index is 2.73. The summed E-state index contributed by atoms with van der Waals surface area (Å²) in [5.74, 6) is 0. The van der Waals surface area contributed by atoms with Gasteiger partial charge in [-0.3, -0.25) is 9.80 Å². The standard InChI is InChI=1S/C13H26N2/c1-13(2,3)15-10-9-14-8-6-4-5-7-12(14)11-15/h12H,4-11H2,1-3H3. The number of nitrogens with zero attached hydrogens (tertiary/aromatic N) is 2. The van der Waals surface area contributed by atoms with Gasteiger partial charge in [-0.2, -0.15) is 0 Å². The summed E-state index contributed by atoms with van der Waals surface area (Å²) >= 11 is 0. The molecule has 0 amide bonds. The van der Waals surface area contributed by atoms with Crippen molar-refractivity contribution in [2.24, 2.45) is 0 Å². The molecule has 2 heteroatoms. The third-order valence-electron chi connectivity index (χ3n) is 4.04. The molecule has 1 unspecified atom stereocenters. The first-order valence-corrected chi connectivity index (χ1v) is 6.56. The topological polar surface area (TPSA) is 6.48 Å². The van der Waals surface area contributed by atoms with Crippen LogP contribution in [-0.2, 0) is 0 Å². The van der Waals surface area contributed by atoms with Gasteiger partial charge in [0.2, 0.25) is 0 Å². The fourth-order valence-corrected chi connectivity index (χ4v) is 2.94. The Morgan fingerprint density at radius 2 is 1.73 bits per heavy atom. The Morgan fingerprint density at radius 1 is 0.933 bits per heavy atom. The Morgan fingerprint density at radius 3 is 2.47 bits per heavy atom. The van der Waals surface area contributed by atoms with E-state index in [2.05, 4.69) is 30.6 Å². The fourth-order valence-electron chi connectivity index (χ4n) is 2.94. The maximum Gasteiger partial charge on any atom is 0.0223 e. The van der Waals surface area contributed by atoms with E-state index >= 15 is 0 Å². The highest BCUT2D eigenvalue weighted by Gasteiger charge is 2.32. The van der Waals surface area contributed by atoms with E-state index in [9.17, 15) is 0 Å². The van der Waals surface area contributed by atoms with Crippen molar-refractivity contribution in [3.05, 3.63) is 0 Å². The number of fused-ring (bicyclic) bond motifs is 1. The molecule has 0 aromatic rings. The first-order chi connectivity index (χ1) is 7.07. The van der Waals surface area contributed by atoms with Crippen LogP contribution >= 0.6 is 0 Å². The highest BCUT2D eigenvalue weighted by Crippen LogP contribution is 2.24. The fraction of sp³-hybridized carbons (Fsp3) is 1.00. The molecule has 2 rings (SSSR count). The van der Waals surface area contributed by atoms with Gasteiger partial charge in [0.15, 0.2) is 0 Å². The summed E-state index contributed by atoms with van der Waals surface area (Å²) in [5, 5.41) is 0. The molecule has 2 fully saturated rings. The molecule has 15 heavy (non-hydrogen) atoms. The second-order valence-corrected chi connectivity index (χ2v) is 6.16. The second-order valence-electron chi connectivity index (χ2n) is 6.16. The van der Waals surface area contributed by atoms with Gasteiger partial charge in [0.05, 0.1) is 0 Å². The Balaban J connectivity index is 1.97. The third kappa shape index (κ3) is 2.73. The van der Waals surface area contributed by atoms with Crippen molar-refractivity contribution in [1.82, 2.24) is 9.80 Å². The van der Waals surface area contributed by atoms with Crippen LogP contribution in [-0.4, -0.2) is 47.6 Å². The van der Waals surface area contributed by atoms with Crippen LogP contribution in [0.15, 0.2) is 0 Å². The molecule has 2 aliphatic heterocycles. The summed E-state index contributed by atoms with van der Waals surface area (Å²) in [7, 11) is 0. The Kier molecular flexibility index (Phi) is 3.36. The van der Waals surface area contributed by atoms with Gasteiger partial charge >= 0.3 is 0 Å². The van der Waals surface area contributed by atoms with Gasteiger partial charge in [-0.05, 0) is 40.2 Å². The molecule has 2 nitrogen and oxygen atoms in total. The molecular weight excluding hydrogens is 184 g/mol. The minimum absolute atomic E-state index is 0.360. The quantitative estimate of drug-likeness (QED) is 0.605. The van der Waals surface area contributed by atoms with Crippen LogP contribution in [0.3, 0.4) is 0 Å². The predicted octanol–water partition coefficient (Wildman–Crippen LogP) is 2.35. The average molecular weight is 210 g/mol. The molecule has 0 aromatic heterocycles. The van der Waals surface area contributed by atoms with Crippen LogP contribution in [0, 0.1) is 0 Å². The molecule has 0 saturated carbocycles. The molecule has 1 atom stereocenters. The van der Waals surface area contributed by atoms with Gasteiger partial charge in [0.1, 0.15) is 0 Å². The predicted molar refractivity (Wildman–Crippen MR) is 65.2 cm³/mol. The average Bonchev–Trinajstić information content (AvgIpc) is 2.39. The molecule has 2 aliphatic rings. The molecule has 88 valence electrons. The first-order valence-electron chi connectivity index (χ1n) is 6.56. The van der Waals surface area contributed by atoms with Crippen LogP contribution in [0.1, 0.15) is 46.5 Å². The largest absolute Gasteiger partial charge is 0.298 e. The van der Waals surface area contributed by atoms with Crippen LogP contribution in [0.4, 0.5) is 0 Å². The molecule has 0 N–H and O–H groups in total. The number of rotatable bonds is 0.